The number of carbonyl (C=O) groups is 1. The molecule has 35 heavy (non-hydrogen) atoms. The second-order valence-corrected chi connectivity index (χ2v) is 15.0. The van der Waals surface area contributed by atoms with Crippen molar-refractivity contribution in [1.82, 2.24) is 5.32 Å². The van der Waals surface area contributed by atoms with Crippen LogP contribution in [0.3, 0.4) is 0 Å². The Morgan fingerprint density at radius 3 is 2.40 bits per heavy atom. The molecule has 0 bridgehead atoms. The molecule has 0 aromatic rings. The fourth-order valence-corrected chi connectivity index (χ4v) is 10.3. The van der Waals surface area contributed by atoms with E-state index in [4.69, 9.17) is 4.55 Å². The van der Waals surface area contributed by atoms with Crippen molar-refractivity contribution >= 4 is 16.0 Å². The topological polar surface area (TPSA) is 124 Å². The van der Waals surface area contributed by atoms with Crippen LogP contribution in [0.2, 0.25) is 0 Å². The van der Waals surface area contributed by atoms with Crippen molar-refractivity contribution < 1.29 is 28.0 Å². The first-order valence-corrected chi connectivity index (χ1v) is 15.5. The fraction of sp³-hybridized carbons (Fsp3) is 0.963. The molecule has 0 radical (unpaired) electrons. The van der Waals surface area contributed by atoms with E-state index < -0.39 is 15.9 Å². The minimum Gasteiger partial charge on any atom is -0.393 e. The van der Waals surface area contributed by atoms with Gasteiger partial charge in [-0.25, -0.2) is 0 Å². The Morgan fingerprint density at radius 2 is 1.69 bits per heavy atom. The van der Waals surface area contributed by atoms with E-state index in [1.807, 2.05) is 0 Å². The summed E-state index contributed by atoms with van der Waals surface area (Å²) >= 11 is 0. The van der Waals surface area contributed by atoms with Crippen molar-refractivity contribution in [3.63, 3.8) is 0 Å². The lowest BCUT2D eigenvalue weighted by Crippen LogP contribution is -2.58. The number of aliphatic hydroxyl groups is 2. The first kappa shape index (κ1) is 25.9. The molecule has 4 N–H and O–H groups in total. The maximum Gasteiger partial charge on any atom is 0.266 e. The monoisotopic (exact) mass is 511 g/mol. The lowest BCUT2D eigenvalue weighted by atomic mass is 9.43. The van der Waals surface area contributed by atoms with Gasteiger partial charge in [0.15, 0.2) is 0 Å². The van der Waals surface area contributed by atoms with Gasteiger partial charge in [-0.2, -0.15) is 8.42 Å². The minimum atomic E-state index is -4.07. The van der Waals surface area contributed by atoms with Crippen molar-refractivity contribution in [2.75, 3.05) is 12.3 Å². The zero-order valence-electron chi connectivity index (χ0n) is 21.5. The molecule has 12 atom stereocenters. The van der Waals surface area contributed by atoms with Crippen LogP contribution in [-0.4, -0.2) is 53.6 Å². The zero-order chi connectivity index (χ0) is 25.3. The third kappa shape index (κ3) is 4.48. The van der Waals surface area contributed by atoms with Gasteiger partial charge in [-0.15, -0.1) is 0 Å². The average molecular weight is 512 g/mol. The number of rotatable bonds is 6. The summed E-state index contributed by atoms with van der Waals surface area (Å²) in [6, 6.07) is 0. The van der Waals surface area contributed by atoms with E-state index in [1.165, 1.54) is 6.42 Å². The van der Waals surface area contributed by atoms with E-state index in [9.17, 15) is 23.4 Å². The predicted octanol–water partition coefficient (Wildman–Crippen LogP) is 3.25. The van der Waals surface area contributed by atoms with E-state index in [2.05, 4.69) is 26.1 Å². The van der Waals surface area contributed by atoms with Crippen LogP contribution in [0.15, 0.2) is 0 Å². The Hall–Kier alpha value is -0.700. The maximum atomic E-state index is 12.6. The number of aliphatic hydroxyl groups excluding tert-OH is 2. The molecule has 8 heteroatoms. The molecular weight excluding hydrogens is 466 g/mol. The molecule has 3 unspecified atom stereocenters. The Balaban J connectivity index is 1.25. The van der Waals surface area contributed by atoms with Crippen LogP contribution in [0, 0.1) is 58.2 Å². The summed E-state index contributed by atoms with van der Waals surface area (Å²) in [5.41, 5.74) is 0.420. The summed E-state index contributed by atoms with van der Waals surface area (Å²) in [6.45, 7) is 7.16. The van der Waals surface area contributed by atoms with E-state index in [-0.39, 0.29) is 41.4 Å². The van der Waals surface area contributed by atoms with Crippen LogP contribution in [0.1, 0.15) is 78.6 Å². The molecule has 5 saturated carbocycles. The van der Waals surface area contributed by atoms with Gasteiger partial charge in [0.2, 0.25) is 5.91 Å². The molecular formula is C27H45NO6S. The van der Waals surface area contributed by atoms with Crippen molar-refractivity contribution in [3.05, 3.63) is 0 Å². The quantitative estimate of drug-likeness (QED) is 0.406. The van der Waals surface area contributed by atoms with Gasteiger partial charge in [-0.3, -0.25) is 9.35 Å². The molecule has 1 amide bonds. The zero-order valence-corrected chi connectivity index (χ0v) is 22.3. The number of fused-ring (bicyclic) bond motifs is 5. The van der Waals surface area contributed by atoms with Crippen molar-refractivity contribution in [1.29, 1.82) is 0 Å². The molecule has 5 aliphatic rings. The Morgan fingerprint density at radius 1 is 1.00 bits per heavy atom. The van der Waals surface area contributed by atoms with E-state index >= 15 is 0 Å². The minimum absolute atomic E-state index is 0.0454. The molecule has 7 nitrogen and oxygen atoms in total. The van der Waals surface area contributed by atoms with Crippen LogP contribution in [0.4, 0.5) is 0 Å². The molecule has 0 spiro atoms. The highest BCUT2D eigenvalue weighted by atomic mass is 32.2. The summed E-state index contributed by atoms with van der Waals surface area (Å²) in [4.78, 5) is 12.6. The van der Waals surface area contributed by atoms with Gasteiger partial charge in [0.05, 0.1) is 18.0 Å². The van der Waals surface area contributed by atoms with Crippen LogP contribution >= 0.6 is 0 Å². The first-order valence-electron chi connectivity index (χ1n) is 13.9. The largest absolute Gasteiger partial charge is 0.393 e. The van der Waals surface area contributed by atoms with Crippen molar-refractivity contribution in [2.24, 2.45) is 58.2 Å². The standard InChI is InChI=1S/C27H45NO6S/c1-15(18-14-19(18)25(31)28-10-11-35(32,33)34)20-4-5-21-24-22(7-9-27(20,21)3)26(2)8-6-17(29)12-16(26)13-23(24)30/h15-24,29-30H,4-14H2,1-3H3,(H,28,31)(H,32,33,34)/t15?,16-,17+,18?,19?,20+,21-,22-,23-,24-,26-,27+/m0/s1. The van der Waals surface area contributed by atoms with E-state index in [0.29, 0.717) is 41.4 Å². The van der Waals surface area contributed by atoms with Crippen LogP contribution in [-0.2, 0) is 14.9 Å². The molecule has 5 aliphatic carbocycles. The average Bonchev–Trinajstić information content (AvgIpc) is 3.49. The second-order valence-electron chi connectivity index (χ2n) is 13.4. The third-order valence-electron chi connectivity index (χ3n) is 11.9. The van der Waals surface area contributed by atoms with Crippen molar-refractivity contribution in [3.8, 4) is 0 Å². The Kier molecular flexibility index (Phi) is 6.63. The third-order valence-corrected chi connectivity index (χ3v) is 12.6. The summed E-state index contributed by atoms with van der Waals surface area (Å²) in [7, 11) is -4.07. The summed E-state index contributed by atoms with van der Waals surface area (Å²) < 4.78 is 30.7. The predicted molar refractivity (Wildman–Crippen MR) is 133 cm³/mol. The Labute approximate surface area is 210 Å². The van der Waals surface area contributed by atoms with Gasteiger partial charge in [-0.05, 0) is 110 Å². The molecule has 0 saturated heterocycles. The number of hydrogen-bond acceptors (Lipinski definition) is 5. The molecule has 0 heterocycles. The van der Waals surface area contributed by atoms with Crippen LogP contribution < -0.4 is 5.32 Å². The van der Waals surface area contributed by atoms with Gasteiger partial charge < -0.3 is 15.5 Å². The van der Waals surface area contributed by atoms with Crippen molar-refractivity contribution in [2.45, 2.75) is 90.8 Å². The normalized spacial score (nSPS) is 49.9. The summed E-state index contributed by atoms with van der Waals surface area (Å²) in [6.07, 6.45) is 8.67. The van der Waals surface area contributed by atoms with Crippen LogP contribution in [0.25, 0.3) is 0 Å². The summed E-state index contributed by atoms with van der Waals surface area (Å²) in [5, 5.41) is 24.4. The SMILES string of the molecule is CC(C1CC1C(=O)NCCS(=O)(=O)O)[C@H]1CC[C@H]2[C@@H]3[C@@H](O)C[C@@H]4C[C@H](O)CC[C@]4(C)[C@H]3CC[C@]12C. The number of hydrogen-bond donors (Lipinski definition) is 4. The van der Waals surface area contributed by atoms with Gasteiger partial charge >= 0.3 is 0 Å². The van der Waals surface area contributed by atoms with Gasteiger partial charge in [0.1, 0.15) is 0 Å². The van der Waals surface area contributed by atoms with Crippen LogP contribution in [0.5, 0.6) is 0 Å². The fourth-order valence-electron chi connectivity index (χ4n) is 9.93. The van der Waals surface area contributed by atoms with Gasteiger partial charge in [-0.1, -0.05) is 20.8 Å². The van der Waals surface area contributed by atoms with Gasteiger partial charge in [0, 0.05) is 12.5 Å². The first-order chi connectivity index (χ1) is 16.3. The highest BCUT2D eigenvalue weighted by molar-refractivity contribution is 7.85. The molecule has 5 fully saturated rings. The highest BCUT2D eigenvalue weighted by Gasteiger charge is 2.64. The molecule has 0 aromatic carbocycles. The summed E-state index contributed by atoms with van der Waals surface area (Å²) in [5.74, 6) is 2.54. The molecule has 0 aromatic heterocycles. The molecule has 5 rings (SSSR count). The lowest BCUT2D eigenvalue weighted by Gasteiger charge is -2.62. The highest BCUT2D eigenvalue weighted by Crippen LogP contribution is 2.69. The number of amides is 1. The van der Waals surface area contributed by atoms with Gasteiger partial charge in [0.25, 0.3) is 10.1 Å². The number of carbonyl (C=O) groups excluding carboxylic acids is 1. The smallest absolute Gasteiger partial charge is 0.266 e. The second kappa shape index (κ2) is 8.95. The van der Waals surface area contributed by atoms with E-state index in [1.54, 1.807) is 0 Å². The molecule has 200 valence electrons. The number of nitrogens with one attached hydrogen (secondary N) is 1. The molecule has 0 aliphatic heterocycles. The Bertz CT molecular complexity index is 940. The lowest BCUT2D eigenvalue weighted by molar-refractivity contribution is -0.174. The van der Waals surface area contributed by atoms with E-state index in [0.717, 1.165) is 51.4 Å². The maximum absolute atomic E-state index is 12.6.